The number of hydrogen-bond acceptors (Lipinski definition) is 5. The van der Waals surface area contributed by atoms with Crippen molar-refractivity contribution in [2.45, 2.75) is 25.4 Å². The Morgan fingerprint density at radius 3 is 2.62 bits per heavy atom. The van der Waals surface area contributed by atoms with E-state index in [1.54, 1.807) is 9.80 Å². The first-order chi connectivity index (χ1) is 10.1. The van der Waals surface area contributed by atoms with Gasteiger partial charge in [0.05, 0.1) is 30.8 Å². The molecule has 0 atom stereocenters. The van der Waals surface area contributed by atoms with Crippen molar-refractivity contribution in [2.24, 2.45) is 0 Å². The standard InChI is InChI=1S/C13H20N2O5S/c16-11(7-15-9-21-8-12(15)17)14-4-1-10(2-5-14)20-6-3-13(18)19/h10H,1-9H2,(H,18,19). The van der Waals surface area contributed by atoms with Crippen molar-refractivity contribution >= 4 is 29.5 Å². The van der Waals surface area contributed by atoms with Gasteiger partial charge in [0.25, 0.3) is 0 Å². The van der Waals surface area contributed by atoms with Crippen molar-refractivity contribution in [2.75, 3.05) is 37.9 Å². The van der Waals surface area contributed by atoms with Crippen LogP contribution in [0.15, 0.2) is 0 Å². The molecular formula is C13H20N2O5S. The van der Waals surface area contributed by atoms with Gasteiger partial charge in [-0.1, -0.05) is 0 Å². The number of hydrogen-bond donors (Lipinski definition) is 1. The van der Waals surface area contributed by atoms with Gasteiger partial charge in [0.15, 0.2) is 0 Å². The highest BCUT2D eigenvalue weighted by molar-refractivity contribution is 8.00. The molecule has 2 aliphatic heterocycles. The minimum atomic E-state index is -0.865. The lowest BCUT2D eigenvalue weighted by Gasteiger charge is -2.32. The molecule has 0 spiro atoms. The highest BCUT2D eigenvalue weighted by atomic mass is 32.2. The van der Waals surface area contributed by atoms with Crippen LogP contribution in [-0.4, -0.2) is 76.7 Å². The summed E-state index contributed by atoms with van der Waals surface area (Å²) in [6.45, 7) is 1.58. The summed E-state index contributed by atoms with van der Waals surface area (Å²) in [4.78, 5) is 37.3. The molecule has 2 amide bonds. The summed E-state index contributed by atoms with van der Waals surface area (Å²) in [7, 11) is 0. The molecule has 7 nitrogen and oxygen atoms in total. The summed E-state index contributed by atoms with van der Waals surface area (Å²) in [5.41, 5.74) is 0. The van der Waals surface area contributed by atoms with Crippen molar-refractivity contribution in [3.05, 3.63) is 0 Å². The van der Waals surface area contributed by atoms with E-state index in [0.717, 1.165) is 0 Å². The Hall–Kier alpha value is -1.28. The normalized spacial score (nSPS) is 20.1. The average molecular weight is 316 g/mol. The largest absolute Gasteiger partial charge is 0.481 e. The molecule has 0 aromatic heterocycles. The van der Waals surface area contributed by atoms with Crippen LogP contribution in [-0.2, 0) is 19.1 Å². The van der Waals surface area contributed by atoms with Crippen molar-refractivity contribution < 1.29 is 24.2 Å². The fraction of sp³-hybridized carbons (Fsp3) is 0.769. The fourth-order valence-electron chi connectivity index (χ4n) is 2.39. The molecule has 2 saturated heterocycles. The summed E-state index contributed by atoms with van der Waals surface area (Å²) in [6, 6.07) is 0. The van der Waals surface area contributed by atoms with Gasteiger partial charge in [-0.2, -0.15) is 0 Å². The first-order valence-electron chi connectivity index (χ1n) is 7.03. The van der Waals surface area contributed by atoms with Crippen LogP contribution in [0.5, 0.6) is 0 Å². The van der Waals surface area contributed by atoms with E-state index in [2.05, 4.69) is 0 Å². The van der Waals surface area contributed by atoms with Crippen LogP contribution in [0.1, 0.15) is 19.3 Å². The first-order valence-corrected chi connectivity index (χ1v) is 8.18. The molecule has 2 rings (SSSR count). The molecule has 2 heterocycles. The third-order valence-corrected chi connectivity index (χ3v) is 4.56. The van der Waals surface area contributed by atoms with Gasteiger partial charge in [-0.25, -0.2) is 0 Å². The summed E-state index contributed by atoms with van der Waals surface area (Å²) in [5.74, 6) is 0.206. The molecule has 0 aromatic rings. The van der Waals surface area contributed by atoms with Crippen LogP contribution in [0, 0.1) is 0 Å². The lowest BCUT2D eigenvalue weighted by molar-refractivity contribution is -0.140. The zero-order chi connectivity index (χ0) is 15.2. The maximum atomic E-state index is 12.1. The molecule has 0 aromatic carbocycles. The Morgan fingerprint density at radius 2 is 2.05 bits per heavy atom. The van der Waals surface area contributed by atoms with Gasteiger partial charge in [-0.05, 0) is 12.8 Å². The van der Waals surface area contributed by atoms with Crippen LogP contribution in [0.25, 0.3) is 0 Å². The molecule has 0 aliphatic carbocycles. The Kier molecular flexibility index (Phi) is 5.86. The molecule has 1 N–H and O–H groups in total. The van der Waals surface area contributed by atoms with Crippen molar-refractivity contribution in [3.63, 3.8) is 0 Å². The number of likely N-dealkylation sites (tertiary alicyclic amines) is 1. The smallest absolute Gasteiger partial charge is 0.305 e. The number of piperidine rings is 1. The second kappa shape index (κ2) is 7.65. The Morgan fingerprint density at radius 1 is 1.33 bits per heavy atom. The monoisotopic (exact) mass is 316 g/mol. The van der Waals surface area contributed by atoms with E-state index in [0.29, 0.717) is 37.6 Å². The minimum absolute atomic E-state index is 0.00782. The summed E-state index contributed by atoms with van der Waals surface area (Å²) in [5, 5.41) is 8.55. The number of carboxylic acid groups (broad SMARTS) is 1. The van der Waals surface area contributed by atoms with E-state index in [1.807, 2.05) is 0 Å². The molecule has 21 heavy (non-hydrogen) atoms. The molecule has 0 bridgehead atoms. The third kappa shape index (κ3) is 4.89. The third-order valence-electron chi connectivity index (χ3n) is 3.62. The predicted octanol–water partition coefficient (Wildman–Crippen LogP) is 0.00160. The lowest BCUT2D eigenvalue weighted by atomic mass is 10.1. The van der Waals surface area contributed by atoms with E-state index in [9.17, 15) is 14.4 Å². The van der Waals surface area contributed by atoms with E-state index < -0.39 is 5.97 Å². The van der Waals surface area contributed by atoms with E-state index in [1.165, 1.54) is 11.8 Å². The quantitative estimate of drug-likeness (QED) is 0.742. The maximum absolute atomic E-state index is 12.1. The van der Waals surface area contributed by atoms with Gasteiger partial charge in [-0.3, -0.25) is 14.4 Å². The van der Waals surface area contributed by atoms with Crippen LogP contribution in [0.4, 0.5) is 0 Å². The Balaban J connectivity index is 1.67. The number of amides is 2. The van der Waals surface area contributed by atoms with Gasteiger partial charge >= 0.3 is 5.97 Å². The fourth-order valence-corrected chi connectivity index (χ4v) is 3.29. The van der Waals surface area contributed by atoms with Crippen LogP contribution >= 0.6 is 11.8 Å². The molecule has 0 unspecified atom stereocenters. The number of ether oxygens (including phenoxy) is 1. The van der Waals surface area contributed by atoms with Crippen LogP contribution in [0.2, 0.25) is 0 Å². The zero-order valence-electron chi connectivity index (χ0n) is 11.8. The highest BCUT2D eigenvalue weighted by Gasteiger charge is 2.28. The second-order valence-electron chi connectivity index (χ2n) is 5.16. The molecule has 2 fully saturated rings. The van der Waals surface area contributed by atoms with E-state index in [4.69, 9.17) is 9.84 Å². The number of carboxylic acids is 1. The molecule has 118 valence electrons. The van der Waals surface area contributed by atoms with Crippen LogP contribution < -0.4 is 0 Å². The molecule has 8 heteroatoms. The SMILES string of the molecule is O=C(O)CCOC1CCN(C(=O)CN2CSCC2=O)CC1. The van der Waals surface area contributed by atoms with Gasteiger partial charge in [0.2, 0.25) is 11.8 Å². The summed E-state index contributed by atoms with van der Waals surface area (Å²) < 4.78 is 5.49. The van der Waals surface area contributed by atoms with E-state index >= 15 is 0 Å². The summed E-state index contributed by atoms with van der Waals surface area (Å²) >= 11 is 1.53. The Bertz CT molecular complexity index is 409. The Labute approximate surface area is 127 Å². The number of thioether (sulfide) groups is 1. The summed E-state index contributed by atoms with van der Waals surface area (Å²) in [6.07, 6.45) is 1.47. The minimum Gasteiger partial charge on any atom is -0.481 e. The molecule has 0 saturated carbocycles. The maximum Gasteiger partial charge on any atom is 0.305 e. The number of nitrogens with zero attached hydrogens (tertiary/aromatic N) is 2. The zero-order valence-corrected chi connectivity index (χ0v) is 12.6. The lowest BCUT2D eigenvalue weighted by Crippen LogP contribution is -2.46. The number of aliphatic carboxylic acids is 1. The van der Waals surface area contributed by atoms with Crippen molar-refractivity contribution in [1.29, 1.82) is 0 Å². The molecule has 2 aliphatic rings. The number of carbonyl (C=O) groups is 3. The highest BCUT2D eigenvalue weighted by Crippen LogP contribution is 2.17. The second-order valence-corrected chi connectivity index (χ2v) is 6.12. The molecular weight excluding hydrogens is 296 g/mol. The first kappa shape index (κ1) is 16.1. The van der Waals surface area contributed by atoms with Crippen LogP contribution in [0.3, 0.4) is 0 Å². The predicted molar refractivity (Wildman–Crippen MR) is 76.8 cm³/mol. The average Bonchev–Trinajstić information content (AvgIpc) is 2.84. The van der Waals surface area contributed by atoms with Gasteiger partial charge in [-0.15, -0.1) is 11.8 Å². The van der Waals surface area contributed by atoms with Gasteiger partial charge in [0, 0.05) is 13.1 Å². The van der Waals surface area contributed by atoms with Gasteiger partial charge in [0.1, 0.15) is 6.54 Å². The van der Waals surface area contributed by atoms with Gasteiger partial charge < -0.3 is 19.6 Å². The number of rotatable bonds is 6. The van der Waals surface area contributed by atoms with Crippen molar-refractivity contribution in [1.82, 2.24) is 9.80 Å². The van der Waals surface area contributed by atoms with E-state index in [-0.39, 0.29) is 37.5 Å². The topological polar surface area (TPSA) is 87.2 Å². The molecule has 0 radical (unpaired) electrons. The number of carbonyl (C=O) groups excluding carboxylic acids is 2. The van der Waals surface area contributed by atoms with Crippen molar-refractivity contribution in [3.8, 4) is 0 Å².